The molecule has 1 N–H and O–H groups in total. The molecule has 5 aromatic rings. The zero-order chi connectivity index (χ0) is 34.2. The Morgan fingerprint density at radius 3 is 2.00 bits per heavy atom. The Labute approximate surface area is 295 Å². The number of nitrogens with one attached hydrogen (secondary N) is 1. The summed E-state index contributed by atoms with van der Waals surface area (Å²) in [5.74, 6) is -0.793. The third-order valence-corrected chi connectivity index (χ3v) is 10.1. The van der Waals surface area contributed by atoms with Gasteiger partial charge in [0.1, 0.15) is 17.9 Å². The van der Waals surface area contributed by atoms with E-state index >= 15 is 0 Å². The minimum absolute atomic E-state index is 0.0822. The van der Waals surface area contributed by atoms with Crippen LogP contribution in [-0.4, -0.2) is 30.9 Å². The molecule has 5 aromatic carbocycles. The van der Waals surface area contributed by atoms with E-state index in [1.807, 2.05) is 72.8 Å². The minimum Gasteiger partial charge on any atom is -0.488 e. The summed E-state index contributed by atoms with van der Waals surface area (Å²) in [6.07, 6.45) is 3.31. The minimum atomic E-state index is -0.772. The van der Waals surface area contributed by atoms with Crippen LogP contribution in [0.3, 0.4) is 0 Å². The van der Waals surface area contributed by atoms with Crippen molar-refractivity contribution in [2.45, 2.75) is 31.3 Å². The number of rotatable bonds is 7. The average molecular weight is 680 g/mol. The van der Waals surface area contributed by atoms with Gasteiger partial charge in [-0.2, -0.15) is 0 Å². The van der Waals surface area contributed by atoms with E-state index < -0.39 is 17.8 Å². The Hall–Kier alpha value is -5.66. The highest BCUT2D eigenvalue weighted by atomic mass is 35.5. The van der Waals surface area contributed by atoms with E-state index in [0.717, 1.165) is 47.5 Å². The molecule has 3 aliphatic rings. The van der Waals surface area contributed by atoms with Gasteiger partial charge in [-0.05, 0) is 77.1 Å². The van der Waals surface area contributed by atoms with E-state index in [0.29, 0.717) is 22.0 Å². The highest BCUT2D eigenvalue weighted by Gasteiger charge is 2.40. The maximum atomic E-state index is 14.3. The van der Waals surface area contributed by atoms with Crippen molar-refractivity contribution >= 4 is 46.9 Å². The lowest BCUT2D eigenvalue weighted by Crippen LogP contribution is -2.54. The fourth-order valence-corrected chi connectivity index (χ4v) is 7.75. The number of imide groups is 2. The quantitative estimate of drug-likeness (QED) is 0.138. The van der Waals surface area contributed by atoms with Crippen molar-refractivity contribution in [3.05, 3.63) is 165 Å². The number of ether oxygens (including phenoxy) is 1. The summed E-state index contributed by atoms with van der Waals surface area (Å²) < 4.78 is 6.11. The van der Waals surface area contributed by atoms with Crippen molar-refractivity contribution in [3.63, 3.8) is 0 Å². The molecule has 7 nitrogen and oxygen atoms in total. The van der Waals surface area contributed by atoms with Crippen LogP contribution >= 0.6 is 11.6 Å². The number of benzene rings is 5. The summed E-state index contributed by atoms with van der Waals surface area (Å²) in [5, 5.41) is 3.03. The van der Waals surface area contributed by atoms with Crippen molar-refractivity contribution in [1.82, 2.24) is 5.32 Å². The lowest BCUT2D eigenvalue weighted by atomic mass is 9.76. The van der Waals surface area contributed by atoms with E-state index in [4.69, 9.17) is 16.3 Å². The molecule has 248 valence electrons. The first-order chi connectivity index (χ1) is 24.4. The van der Waals surface area contributed by atoms with Crippen LogP contribution in [0.25, 0.3) is 6.08 Å². The van der Waals surface area contributed by atoms with Gasteiger partial charge in [0.2, 0.25) is 0 Å². The van der Waals surface area contributed by atoms with Gasteiger partial charge in [-0.15, -0.1) is 0 Å². The number of urea groups is 1. The molecular weight excluding hydrogens is 646 g/mol. The molecule has 8 heteroatoms. The molecular formula is C42H34ClN3O4. The van der Waals surface area contributed by atoms with Gasteiger partial charge in [-0.25, -0.2) is 9.69 Å². The Kier molecular flexibility index (Phi) is 8.43. The van der Waals surface area contributed by atoms with Crippen molar-refractivity contribution in [3.8, 4) is 5.75 Å². The number of nitrogens with zero attached hydrogens (tertiary/aromatic N) is 2. The second-order valence-electron chi connectivity index (χ2n) is 12.9. The van der Waals surface area contributed by atoms with Crippen LogP contribution in [0, 0.1) is 0 Å². The number of halogens is 1. The van der Waals surface area contributed by atoms with E-state index in [2.05, 4.69) is 34.5 Å². The Bertz CT molecular complexity index is 2080. The first-order valence-corrected chi connectivity index (χ1v) is 17.2. The predicted molar refractivity (Wildman–Crippen MR) is 196 cm³/mol. The SMILES string of the molecule is O=C1NC(=O)N(c2cc3c4c(c2)[C@@H](c2ccccc2)CCN4CC[C@@H]3c2ccccc2)C(=O)/C1=C/c1ccccc1OCc1cccc(Cl)c1. The van der Waals surface area contributed by atoms with E-state index in [-0.39, 0.29) is 24.0 Å². The third kappa shape index (κ3) is 5.94. The summed E-state index contributed by atoms with van der Waals surface area (Å²) in [6, 6.07) is 38.5. The topological polar surface area (TPSA) is 79.0 Å². The summed E-state index contributed by atoms with van der Waals surface area (Å²) >= 11 is 6.16. The van der Waals surface area contributed by atoms with E-state index in [1.54, 1.807) is 24.3 Å². The zero-order valence-electron chi connectivity index (χ0n) is 27.2. The highest BCUT2D eigenvalue weighted by Crippen LogP contribution is 2.50. The molecule has 0 aliphatic carbocycles. The normalized spacial score (nSPS) is 19.3. The number of carbonyl (C=O) groups excluding carboxylic acids is 3. The third-order valence-electron chi connectivity index (χ3n) is 9.86. The van der Waals surface area contributed by atoms with Crippen molar-refractivity contribution in [2.24, 2.45) is 0 Å². The zero-order valence-corrected chi connectivity index (χ0v) is 28.0. The smallest absolute Gasteiger partial charge is 0.335 e. The fraction of sp³-hybridized carbons (Fsp3) is 0.167. The van der Waals surface area contributed by atoms with Gasteiger partial charge in [-0.3, -0.25) is 14.9 Å². The first kappa shape index (κ1) is 31.6. The van der Waals surface area contributed by atoms with Crippen molar-refractivity contribution in [2.75, 3.05) is 22.9 Å². The van der Waals surface area contributed by atoms with Crippen molar-refractivity contribution < 1.29 is 19.1 Å². The summed E-state index contributed by atoms with van der Waals surface area (Å²) in [4.78, 5) is 44.8. The first-order valence-electron chi connectivity index (χ1n) is 16.8. The van der Waals surface area contributed by atoms with Gasteiger partial charge in [-0.1, -0.05) is 103 Å². The molecule has 0 aromatic heterocycles. The number of hydrogen-bond donors (Lipinski definition) is 1. The number of barbiturate groups is 1. The van der Waals surface area contributed by atoms with Crippen LogP contribution in [0.2, 0.25) is 5.02 Å². The summed E-state index contributed by atoms with van der Waals surface area (Å²) in [7, 11) is 0. The monoisotopic (exact) mass is 679 g/mol. The van der Waals surface area contributed by atoms with Gasteiger partial charge >= 0.3 is 6.03 Å². The standard InChI is InChI=1S/C42H34ClN3O4/c43-31-16-9-10-27(22-31)26-50-38-17-8-7-15-30(38)23-37-40(47)44-42(49)46(41(37)48)32-24-35-33(28-11-3-1-4-12-28)18-20-45-21-19-34(36(25-32)39(35)45)29-13-5-2-6-14-29/h1-17,22-25,33-34H,18-21,26H2,(H,44,47,49)/b37-23+/t33-,34-/m1/s1. The van der Waals surface area contributed by atoms with Crippen LogP contribution in [0.15, 0.2) is 127 Å². The predicted octanol–water partition coefficient (Wildman–Crippen LogP) is 8.46. The molecule has 3 aliphatic heterocycles. The number of amides is 4. The van der Waals surface area contributed by atoms with E-state index in [1.165, 1.54) is 22.9 Å². The van der Waals surface area contributed by atoms with Crippen LogP contribution in [-0.2, 0) is 16.2 Å². The average Bonchev–Trinajstić information content (AvgIpc) is 3.14. The number of para-hydroxylation sites is 1. The molecule has 50 heavy (non-hydrogen) atoms. The Morgan fingerprint density at radius 1 is 0.740 bits per heavy atom. The fourth-order valence-electron chi connectivity index (χ4n) is 7.54. The maximum absolute atomic E-state index is 14.3. The maximum Gasteiger partial charge on any atom is 0.335 e. The molecule has 2 atom stereocenters. The molecule has 0 unspecified atom stereocenters. The number of carbonyl (C=O) groups is 3. The lowest BCUT2D eigenvalue weighted by molar-refractivity contribution is -0.122. The molecule has 1 fully saturated rings. The van der Waals surface area contributed by atoms with Gasteiger partial charge in [0, 0.05) is 41.2 Å². The Morgan fingerprint density at radius 2 is 1.36 bits per heavy atom. The van der Waals surface area contributed by atoms with E-state index in [9.17, 15) is 14.4 Å². The number of anilines is 2. The van der Waals surface area contributed by atoms with Crippen LogP contribution in [0.1, 0.15) is 58.1 Å². The molecule has 4 amide bonds. The number of hydrogen-bond acceptors (Lipinski definition) is 5. The van der Waals surface area contributed by atoms with Crippen molar-refractivity contribution in [1.29, 1.82) is 0 Å². The molecule has 0 bridgehead atoms. The second kappa shape index (κ2) is 13.3. The van der Waals surface area contributed by atoms with Crippen LogP contribution < -0.4 is 19.9 Å². The summed E-state index contributed by atoms with van der Waals surface area (Å²) in [5.41, 5.74) is 7.41. The molecule has 0 spiro atoms. The van der Waals surface area contributed by atoms with Crippen LogP contribution in [0.4, 0.5) is 16.2 Å². The Balaban J connectivity index is 1.21. The largest absolute Gasteiger partial charge is 0.488 e. The second-order valence-corrected chi connectivity index (χ2v) is 13.3. The molecule has 0 saturated carbocycles. The van der Waals surface area contributed by atoms with Gasteiger partial charge in [0.15, 0.2) is 0 Å². The molecule has 1 saturated heterocycles. The molecule has 0 radical (unpaired) electrons. The summed E-state index contributed by atoms with van der Waals surface area (Å²) in [6.45, 7) is 2.08. The van der Waals surface area contributed by atoms with Gasteiger partial charge in [0.25, 0.3) is 11.8 Å². The van der Waals surface area contributed by atoms with Gasteiger partial charge in [0.05, 0.1) is 5.69 Å². The van der Waals surface area contributed by atoms with Crippen LogP contribution in [0.5, 0.6) is 5.75 Å². The highest BCUT2D eigenvalue weighted by molar-refractivity contribution is 6.39. The molecule has 8 rings (SSSR count). The van der Waals surface area contributed by atoms with Gasteiger partial charge < -0.3 is 9.64 Å². The lowest BCUT2D eigenvalue weighted by Gasteiger charge is -2.44. The molecule has 3 heterocycles.